The van der Waals surface area contributed by atoms with Crippen molar-refractivity contribution < 1.29 is 27.4 Å². The predicted molar refractivity (Wildman–Crippen MR) is 104 cm³/mol. The molecule has 0 heterocycles. The fourth-order valence-corrected chi connectivity index (χ4v) is 3.78. The number of carbonyl (C=O) groups excluding carboxylic acids is 1. The highest BCUT2D eigenvalue weighted by molar-refractivity contribution is 5.91. The Morgan fingerprint density at radius 1 is 0.966 bits per heavy atom. The zero-order valence-electron chi connectivity index (χ0n) is 16.8. The molecule has 29 heavy (non-hydrogen) atoms. The average molecular weight is 406 g/mol. The van der Waals surface area contributed by atoms with E-state index in [0.29, 0.717) is 18.6 Å². The van der Waals surface area contributed by atoms with Crippen molar-refractivity contribution in [3.8, 4) is 11.5 Å². The summed E-state index contributed by atoms with van der Waals surface area (Å²) >= 11 is 0. The van der Waals surface area contributed by atoms with Gasteiger partial charge in [-0.2, -0.15) is 13.2 Å². The number of para-hydroxylation sites is 1. The second-order valence-corrected chi connectivity index (χ2v) is 8.46. The molecule has 0 amide bonds. The average Bonchev–Trinajstić information content (AvgIpc) is 3.11. The van der Waals surface area contributed by atoms with E-state index in [1.165, 1.54) is 0 Å². The standard InChI is InChI=1S/C23H25F3O3/c1-21(2,3)22(13-7-8-14-22)29-19-15-16(11-12-18(19)23(24,25)26)20(27)28-17-9-5-4-6-10-17/h4-6,9-12,15H,7-8,13-14H2,1-3H3. The van der Waals surface area contributed by atoms with Gasteiger partial charge in [-0.05, 0) is 56.0 Å². The number of halogens is 3. The lowest BCUT2D eigenvalue weighted by molar-refractivity contribution is -0.141. The first kappa shape index (κ1) is 21.2. The maximum Gasteiger partial charge on any atom is 0.419 e. The topological polar surface area (TPSA) is 35.5 Å². The summed E-state index contributed by atoms with van der Waals surface area (Å²) in [6, 6.07) is 11.6. The second-order valence-electron chi connectivity index (χ2n) is 8.46. The van der Waals surface area contributed by atoms with Gasteiger partial charge < -0.3 is 9.47 Å². The van der Waals surface area contributed by atoms with Gasteiger partial charge in [0.15, 0.2) is 0 Å². The second kappa shape index (κ2) is 7.73. The third-order valence-corrected chi connectivity index (χ3v) is 5.56. The van der Waals surface area contributed by atoms with Crippen LogP contribution in [0.25, 0.3) is 0 Å². The first-order valence-electron chi connectivity index (χ1n) is 9.69. The van der Waals surface area contributed by atoms with Gasteiger partial charge in [0, 0.05) is 5.41 Å². The van der Waals surface area contributed by atoms with Crippen LogP contribution in [0.3, 0.4) is 0 Å². The summed E-state index contributed by atoms with van der Waals surface area (Å²) in [7, 11) is 0. The number of hydrogen-bond acceptors (Lipinski definition) is 3. The van der Waals surface area contributed by atoms with Gasteiger partial charge in [0.25, 0.3) is 0 Å². The van der Waals surface area contributed by atoms with Gasteiger partial charge in [0.05, 0.1) is 11.1 Å². The molecule has 1 aliphatic carbocycles. The molecule has 2 aromatic rings. The lowest BCUT2D eigenvalue weighted by Crippen LogP contribution is -2.46. The molecule has 0 saturated heterocycles. The van der Waals surface area contributed by atoms with E-state index < -0.39 is 23.3 Å². The van der Waals surface area contributed by atoms with Gasteiger partial charge in [-0.15, -0.1) is 0 Å². The Morgan fingerprint density at radius 3 is 2.14 bits per heavy atom. The highest BCUT2D eigenvalue weighted by Crippen LogP contribution is 2.48. The number of rotatable bonds is 4. The fourth-order valence-electron chi connectivity index (χ4n) is 3.78. The third kappa shape index (κ3) is 4.57. The molecule has 0 bridgehead atoms. The number of benzene rings is 2. The molecule has 0 aromatic heterocycles. The lowest BCUT2D eigenvalue weighted by atomic mass is 9.75. The van der Waals surface area contributed by atoms with Gasteiger partial charge in [0.1, 0.15) is 17.1 Å². The highest BCUT2D eigenvalue weighted by Gasteiger charge is 2.48. The summed E-state index contributed by atoms with van der Waals surface area (Å²) < 4.78 is 52.2. The molecule has 2 aromatic carbocycles. The number of ether oxygens (including phenoxy) is 2. The number of carbonyl (C=O) groups is 1. The van der Waals surface area contributed by atoms with Crippen LogP contribution in [0.5, 0.6) is 11.5 Å². The van der Waals surface area contributed by atoms with E-state index in [9.17, 15) is 18.0 Å². The van der Waals surface area contributed by atoms with Gasteiger partial charge >= 0.3 is 12.1 Å². The zero-order chi connectivity index (χ0) is 21.3. The maximum absolute atomic E-state index is 13.6. The molecule has 1 aliphatic rings. The van der Waals surface area contributed by atoms with E-state index in [0.717, 1.165) is 31.0 Å². The Labute approximate surface area is 168 Å². The molecule has 0 N–H and O–H groups in total. The van der Waals surface area contributed by atoms with Crippen LogP contribution in [0.2, 0.25) is 0 Å². The molecule has 3 rings (SSSR count). The molecule has 0 atom stereocenters. The van der Waals surface area contributed by atoms with Gasteiger partial charge in [-0.25, -0.2) is 4.79 Å². The largest absolute Gasteiger partial charge is 0.486 e. The molecule has 0 unspecified atom stereocenters. The zero-order valence-corrected chi connectivity index (χ0v) is 16.8. The van der Waals surface area contributed by atoms with E-state index in [1.807, 2.05) is 20.8 Å². The summed E-state index contributed by atoms with van der Waals surface area (Å²) in [5, 5.41) is 0. The van der Waals surface area contributed by atoms with Crippen molar-refractivity contribution in [2.75, 3.05) is 0 Å². The highest BCUT2D eigenvalue weighted by atomic mass is 19.4. The van der Waals surface area contributed by atoms with Crippen LogP contribution in [-0.4, -0.2) is 11.6 Å². The van der Waals surface area contributed by atoms with Crippen LogP contribution < -0.4 is 9.47 Å². The molecule has 0 spiro atoms. The Balaban J connectivity index is 1.97. The summed E-state index contributed by atoms with van der Waals surface area (Å²) in [5.41, 5.74) is -1.94. The Kier molecular flexibility index (Phi) is 5.65. The minimum atomic E-state index is -4.59. The molecule has 1 fully saturated rings. The minimum absolute atomic E-state index is 0.0129. The Morgan fingerprint density at radius 2 is 1.59 bits per heavy atom. The van der Waals surface area contributed by atoms with E-state index >= 15 is 0 Å². The molecular weight excluding hydrogens is 381 g/mol. The normalized spacial score (nSPS) is 16.5. The number of alkyl halides is 3. The van der Waals surface area contributed by atoms with E-state index in [-0.39, 0.29) is 16.7 Å². The van der Waals surface area contributed by atoms with E-state index in [1.54, 1.807) is 30.3 Å². The van der Waals surface area contributed by atoms with Crippen LogP contribution in [-0.2, 0) is 6.18 Å². The molecule has 0 radical (unpaired) electrons. The summed E-state index contributed by atoms with van der Waals surface area (Å²) in [6.45, 7) is 5.91. The minimum Gasteiger partial charge on any atom is -0.486 e. The summed E-state index contributed by atoms with van der Waals surface area (Å²) in [5.74, 6) is -0.732. The van der Waals surface area contributed by atoms with Gasteiger partial charge in [-0.1, -0.05) is 39.0 Å². The molecule has 3 nitrogen and oxygen atoms in total. The van der Waals surface area contributed by atoms with Crippen LogP contribution in [0.1, 0.15) is 62.4 Å². The van der Waals surface area contributed by atoms with Crippen molar-refractivity contribution in [3.05, 3.63) is 59.7 Å². The van der Waals surface area contributed by atoms with Crippen molar-refractivity contribution in [1.29, 1.82) is 0 Å². The molecule has 6 heteroatoms. The van der Waals surface area contributed by atoms with E-state index in [4.69, 9.17) is 9.47 Å². The van der Waals surface area contributed by atoms with Crippen molar-refractivity contribution in [1.82, 2.24) is 0 Å². The number of esters is 1. The van der Waals surface area contributed by atoms with Crippen LogP contribution >= 0.6 is 0 Å². The number of hydrogen-bond donors (Lipinski definition) is 0. The Bertz CT molecular complexity index is 861. The van der Waals surface area contributed by atoms with Gasteiger partial charge in [-0.3, -0.25) is 0 Å². The quantitative estimate of drug-likeness (QED) is 0.421. The smallest absolute Gasteiger partial charge is 0.419 e. The monoisotopic (exact) mass is 406 g/mol. The molecule has 1 saturated carbocycles. The third-order valence-electron chi connectivity index (χ3n) is 5.56. The first-order valence-corrected chi connectivity index (χ1v) is 9.69. The van der Waals surface area contributed by atoms with Crippen molar-refractivity contribution >= 4 is 5.97 Å². The van der Waals surface area contributed by atoms with Crippen LogP contribution in [0, 0.1) is 5.41 Å². The Hall–Kier alpha value is -2.50. The predicted octanol–water partition coefficient (Wildman–Crippen LogP) is 6.66. The fraction of sp³-hybridized carbons (Fsp3) is 0.435. The van der Waals surface area contributed by atoms with Crippen molar-refractivity contribution in [2.45, 2.75) is 58.2 Å². The van der Waals surface area contributed by atoms with Crippen LogP contribution in [0.4, 0.5) is 13.2 Å². The maximum atomic E-state index is 13.6. The van der Waals surface area contributed by atoms with E-state index in [2.05, 4.69) is 0 Å². The first-order chi connectivity index (χ1) is 13.5. The van der Waals surface area contributed by atoms with Crippen molar-refractivity contribution in [3.63, 3.8) is 0 Å². The lowest BCUT2D eigenvalue weighted by Gasteiger charge is -2.42. The molecule has 0 aliphatic heterocycles. The SMILES string of the molecule is CC(C)(C)C1(Oc2cc(C(=O)Oc3ccccc3)ccc2C(F)(F)F)CCCC1. The summed E-state index contributed by atoms with van der Waals surface area (Å²) in [4.78, 5) is 12.5. The van der Waals surface area contributed by atoms with Gasteiger partial charge in [0.2, 0.25) is 0 Å². The van der Waals surface area contributed by atoms with Crippen molar-refractivity contribution in [2.24, 2.45) is 5.41 Å². The molecular formula is C23H25F3O3. The van der Waals surface area contributed by atoms with Crippen LogP contribution in [0.15, 0.2) is 48.5 Å². The molecule has 156 valence electrons. The summed E-state index contributed by atoms with van der Waals surface area (Å²) in [6.07, 6.45) is -1.45.